The van der Waals surface area contributed by atoms with Gasteiger partial charge in [-0.25, -0.2) is 0 Å². The van der Waals surface area contributed by atoms with Gasteiger partial charge in [-0.2, -0.15) is 0 Å². The summed E-state index contributed by atoms with van der Waals surface area (Å²) in [6.07, 6.45) is 2.58. The number of unbranched alkanes of at least 4 members (excludes halogenated alkanes) is 1. The highest BCUT2D eigenvalue weighted by Gasteiger charge is 2.15. The fraction of sp³-hybridized carbons (Fsp3) is 0.103. The van der Waals surface area contributed by atoms with Gasteiger partial charge in [0.1, 0.15) is 0 Å². The van der Waals surface area contributed by atoms with E-state index in [1.807, 2.05) is 12.1 Å². The van der Waals surface area contributed by atoms with E-state index in [4.69, 9.17) is 0 Å². The molecule has 0 saturated carbocycles. The fourth-order valence-electron chi connectivity index (χ4n) is 6.12. The number of Topliss-reactive ketones (excluding diaryl/α,β-unsaturated/α-hetero) is 1. The van der Waals surface area contributed by atoms with E-state index in [0.29, 0.717) is 6.42 Å². The third-order valence-electron chi connectivity index (χ3n) is 8.20. The van der Waals surface area contributed by atoms with Gasteiger partial charge in [0.2, 0.25) is 0 Å². The minimum absolute atomic E-state index is 0.225. The zero-order valence-corrected chi connectivity index (χ0v) is 23.2. The summed E-state index contributed by atoms with van der Waals surface area (Å²) in [7, 11) is 0. The van der Waals surface area contributed by atoms with Gasteiger partial charge in [0.25, 0.3) is 0 Å². The third-order valence-corrected chi connectivity index (χ3v) is 8.20. The first-order valence-corrected chi connectivity index (χ1v) is 14.5. The summed E-state index contributed by atoms with van der Waals surface area (Å²) in [6.45, 7) is 2.12. The van der Waals surface area contributed by atoms with Gasteiger partial charge in [-0.1, -0.05) is 116 Å². The highest BCUT2D eigenvalue weighted by molar-refractivity contribution is 6.12. The van der Waals surface area contributed by atoms with Crippen molar-refractivity contribution in [2.45, 2.75) is 26.2 Å². The van der Waals surface area contributed by atoms with Crippen LogP contribution in [0.2, 0.25) is 0 Å². The predicted octanol–water partition coefficient (Wildman–Crippen LogP) is 10.6. The van der Waals surface area contributed by atoms with Crippen LogP contribution in [0.15, 0.2) is 133 Å². The Balaban J connectivity index is 1.35. The normalized spacial score (nSPS) is 11.4. The van der Waals surface area contributed by atoms with Gasteiger partial charge in [0.05, 0.1) is 11.0 Å². The van der Waals surface area contributed by atoms with Gasteiger partial charge in [-0.15, -0.1) is 0 Å². The molecule has 7 rings (SSSR count). The number of benzene rings is 6. The van der Waals surface area contributed by atoms with Crippen molar-refractivity contribution in [1.82, 2.24) is 4.57 Å². The van der Waals surface area contributed by atoms with Crippen LogP contribution in [0.1, 0.15) is 36.5 Å². The predicted molar refractivity (Wildman–Crippen MR) is 173 cm³/mol. The summed E-state index contributed by atoms with van der Waals surface area (Å²) in [4.78, 5) is 12.5. The zero-order chi connectivity index (χ0) is 27.8. The average molecular weight is 530 g/mol. The lowest BCUT2D eigenvalue weighted by Crippen LogP contribution is -1.98. The van der Waals surface area contributed by atoms with Crippen LogP contribution < -0.4 is 0 Å². The lowest BCUT2D eigenvalue weighted by molar-refractivity contribution is 0.0980. The number of ketones is 1. The Labute approximate surface area is 240 Å². The van der Waals surface area contributed by atoms with Crippen molar-refractivity contribution < 1.29 is 4.79 Å². The summed E-state index contributed by atoms with van der Waals surface area (Å²) in [6, 6.07) is 47.3. The maximum atomic E-state index is 12.5. The van der Waals surface area contributed by atoms with Crippen molar-refractivity contribution in [3.8, 4) is 27.9 Å². The van der Waals surface area contributed by atoms with Crippen LogP contribution in [0.3, 0.4) is 0 Å². The van der Waals surface area contributed by atoms with Crippen molar-refractivity contribution in [1.29, 1.82) is 0 Å². The molecule has 0 spiro atoms. The van der Waals surface area contributed by atoms with E-state index in [1.165, 1.54) is 55.0 Å². The van der Waals surface area contributed by atoms with Crippen LogP contribution in [-0.2, 0) is 0 Å². The van der Waals surface area contributed by atoms with Gasteiger partial charge in [0, 0.05) is 28.4 Å². The maximum Gasteiger partial charge on any atom is 0.162 e. The number of para-hydroxylation sites is 2. The first-order valence-electron chi connectivity index (χ1n) is 14.5. The minimum atomic E-state index is 0.225. The lowest BCUT2D eigenvalue weighted by atomic mass is 9.91. The highest BCUT2D eigenvalue weighted by Crippen LogP contribution is 2.39. The Hall–Kier alpha value is -4.95. The Morgan fingerprint density at radius 1 is 0.561 bits per heavy atom. The molecule has 0 amide bonds. The number of rotatable bonds is 7. The number of nitrogens with zero attached hydrogens (tertiary/aromatic N) is 1. The molecule has 0 bridgehead atoms. The molecule has 2 heteroatoms. The first-order chi connectivity index (χ1) is 20.2. The van der Waals surface area contributed by atoms with Gasteiger partial charge < -0.3 is 4.57 Å². The molecule has 0 aliphatic heterocycles. The first kappa shape index (κ1) is 25.0. The maximum absolute atomic E-state index is 12.5. The smallest absolute Gasteiger partial charge is 0.162 e. The minimum Gasteiger partial charge on any atom is -0.309 e. The number of aromatic nitrogens is 1. The molecule has 7 aromatic rings. The molecular formula is C39H31NO. The summed E-state index contributed by atoms with van der Waals surface area (Å²) >= 11 is 0. The summed E-state index contributed by atoms with van der Waals surface area (Å²) < 4.78 is 2.35. The molecule has 0 saturated heterocycles. The number of hydrogen-bond donors (Lipinski definition) is 0. The monoisotopic (exact) mass is 529 g/mol. The molecule has 1 aromatic heterocycles. The average Bonchev–Trinajstić information content (AvgIpc) is 3.37. The second kappa shape index (κ2) is 10.6. The summed E-state index contributed by atoms with van der Waals surface area (Å²) in [5.41, 5.74) is 9.10. The van der Waals surface area contributed by atoms with E-state index in [1.54, 1.807) is 0 Å². The van der Waals surface area contributed by atoms with Crippen LogP contribution in [0, 0.1) is 0 Å². The summed E-state index contributed by atoms with van der Waals surface area (Å²) in [5.74, 6) is 0.225. The van der Waals surface area contributed by atoms with Crippen molar-refractivity contribution >= 4 is 38.4 Å². The molecule has 6 aromatic carbocycles. The molecule has 0 atom stereocenters. The van der Waals surface area contributed by atoms with Crippen LogP contribution in [0.4, 0.5) is 0 Å². The van der Waals surface area contributed by atoms with Gasteiger partial charge in [-0.05, 0) is 69.8 Å². The van der Waals surface area contributed by atoms with Crippen LogP contribution in [0.5, 0.6) is 0 Å². The number of carbonyl (C=O) groups is 1. The molecule has 0 aliphatic rings. The number of carbonyl (C=O) groups excluding carboxylic acids is 1. The van der Waals surface area contributed by atoms with Crippen molar-refractivity contribution in [3.05, 3.63) is 139 Å². The molecule has 0 N–H and O–H groups in total. The van der Waals surface area contributed by atoms with Crippen molar-refractivity contribution in [2.24, 2.45) is 0 Å². The lowest BCUT2D eigenvalue weighted by Gasteiger charge is -2.13. The van der Waals surface area contributed by atoms with E-state index in [-0.39, 0.29) is 5.78 Å². The largest absolute Gasteiger partial charge is 0.309 e. The van der Waals surface area contributed by atoms with Crippen molar-refractivity contribution in [3.63, 3.8) is 0 Å². The van der Waals surface area contributed by atoms with E-state index in [2.05, 4.69) is 133 Å². The molecule has 0 aliphatic carbocycles. The molecule has 0 radical (unpaired) electrons. The topological polar surface area (TPSA) is 22.0 Å². The van der Waals surface area contributed by atoms with Gasteiger partial charge in [0.15, 0.2) is 5.78 Å². The van der Waals surface area contributed by atoms with Crippen LogP contribution in [-0.4, -0.2) is 10.4 Å². The highest BCUT2D eigenvalue weighted by atomic mass is 16.1. The fourth-order valence-corrected chi connectivity index (χ4v) is 6.12. The number of fused-ring (bicyclic) bond motifs is 4. The van der Waals surface area contributed by atoms with Gasteiger partial charge >= 0.3 is 0 Å². The van der Waals surface area contributed by atoms with Crippen LogP contribution >= 0.6 is 0 Å². The quantitative estimate of drug-likeness (QED) is 0.188. The Kier molecular flexibility index (Phi) is 6.45. The Morgan fingerprint density at radius 3 is 1.85 bits per heavy atom. The van der Waals surface area contributed by atoms with E-state index in [9.17, 15) is 4.79 Å². The molecule has 0 fully saturated rings. The second-order valence-corrected chi connectivity index (χ2v) is 10.7. The van der Waals surface area contributed by atoms with Crippen LogP contribution in [0.25, 0.3) is 60.5 Å². The second-order valence-electron chi connectivity index (χ2n) is 10.7. The van der Waals surface area contributed by atoms with E-state index >= 15 is 0 Å². The molecule has 2 nitrogen and oxygen atoms in total. The summed E-state index contributed by atoms with van der Waals surface area (Å²) in [5, 5.41) is 4.93. The molecule has 41 heavy (non-hydrogen) atoms. The Morgan fingerprint density at radius 2 is 1.15 bits per heavy atom. The molecular weight excluding hydrogens is 498 g/mol. The van der Waals surface area contributed by atoms with E-state index < -0.39 is 0 Å². The standard InChI is InChI=1S/C39H31NO/c1-2-3-17-39(41)28-20-18-27(19-21-28)31-23-24-32(34-14-8-7-13-33(31)34)29-22-25-38-36(26-29)35-15-9-10-16-37(35)40(38)30-11-5-4-6-12-30/h4-16,18-26H,2-3,17H2,1H3. The van der Waals surface area contributed by atoms with E-state index in [0.717, 1.165) is 24.0 Å². The molecule has 0 unspecified atom stereocenters. The Bertz CT molecular complexity index is 2030. The zero-order valence-electron chi connectivity index (χ0n) is 23.2. The molecule has 1 heterocycles. The SMILES string of the molecule is CCCCC(=O)c1ccc(-c2ccc(-c3ccc4c(c3)c3ccccc3n4-c3ccccc3)c3ccccc23)cc1. The van der Waals surface area contributed by atoms with Crippen molar-refractivity contribution in [2.75, 3.05) is 0 Å². The third kappa shape index (κ3) is 4.42. The van der Waals surface area contributed by atoms with Gasteiger partial charge in [-0.3, -0.25) is 4.79 Å². The molecule has 198 valence electrons. The number of hydrogen-bond acceptors (Lipinski definition) is 1.